The monoisotopic (exact) mass is 283 g/mol. The summed E-state index contributed by atoms with van der Waals surface area (Å²) in [6.07, 6.45) is 0. The van der Waals surface area contributed by atoms with E-state index in [-0.39, 0.29) is 17.4 Å². The van der Waals surface area contributed by atoms with Gasteiger partial charge in [0.05, 0.1) is 11.4 Å². The van der Waals surface area contributed by atoms with Gasteiger partial charge >= 0.3 is 0 Å². The van der Waals surface area contributed by atoms with E-state index in [1.807, 2.05) is 30.3 Å². The quantitative estimate of drug-likeness (QED) is 0.848. The average molecular weight is 284 g/mol. The van der Waals surface area contributed by atoms with Crippen LogP contribution >= 0.6 is 15.9 Å². The zero-order valence-electron chi connectivity index (χ0n) is 9.96. The predicted molar refractivity (Wildman–Crippen MR) is 70.6 cm³/mol. The maximum absolute atomic E-state index is 11.5. The Balaban J connectivity index is 2.93. The van der Waals surface area contributed by atoms with Crippen LogP contribution in [0.4, 0.5) is 0 Å². The highest BCUT2D eigenvalue weighted by molar-refractivity contribution is 9.09. The molecule has 0 heterocycles. The van der Waals surface area contributed by atoms with Gasteiger partial charge in [-0.2, -0.15) is 0 Å². The molecule has 0 radical (unpaired) electrons. The number of alkyl halides is 1. The molecule has 0 aromatic heterocycles. The summed E-state index contributed by atoms with van der Waals surface area (Å²) in [6, 6.07) is 10.1. The first-order valence-electron chi connectivity index (χ1n) is 5.35. The fraction of sp³-hybridized carbons (Fsp3) is 0.462. The van der Waals surface area contributed by atoms with E-state index in [0.717, 1.165) is 5.56 Å². The van der Waals surface area contributed by atoms with Gasteiger partial charge in [-0.05, 0) is 11.0 Å². The summed E-state index contributed by atoms with van der Waals surface area (Å²) in [4.78, 5) is 11.5. The van der Waals surface area contributed by atoms with Crippen molar-refractivity contribution in [3.63, 3.8) is 0 Å². The van der Waals surface area contributed by atoms with E-state index in [0.29, 0.717) is 5.33 Å². The number of hydrogen-bond acceptors (Lipinski definition) is 1. The molecule has 1 N–H and O–H groups in total. The van der Waals surface area contributed by atoms with Gasteiger partial charge in [0.1, 0.15) is 0 Å². The Morgan fingerprint density at radius 3 is 2.31 bits per heavy atom. The number of benzene rings is 1. The van der Waals surface area contributed by atoms with Gasteiger partial charge in [0, 0.05) is 0 Å². The van der Waals surface area contributed by atoms with Crippen LogP contribution < -0.4 is 5.32 Å². The predicted octanol–water partition coefficient (Wildman–Crippen LogP) is 3.28. The van der Waals surface area contributed by atoms with Gasteiger partial charge in [0.2, 0.25) is 5.91 Å². The van der Waals surface area contributed by atoms with E-state index in [1.165, 1.54) is 0 Å². The topological polar surface area (TPSA) is 29.1 Å². The van der Waals surface area contributed by atoms with Crippen LogP contribution in [0.5, 0.6) is 0 Å². The molecule has 0 fully saturated rings. The molecule has 0 aliphatic heterocycles. The van der Waals surface area contributed by atoms with E-state index in [4.69, 9.17) is 0 Å². The Bertz CT molecular complexity index is 343. The minimum Gasteiger partial charge on any atom is -0.348 e. The number of carbonyl (C=O) groups is 1. The third-order valence-corrected chi connectivity index (χ3v) is 2.93. The van der Waals surface area contributed by atoms with Crippen LogP contribution in [0, 0.1) is 5.41 Å². The van der Waals surface area contributed by atoms with Crippen molar-refractivity contribution in [3.8, 4) is 0 Å². The second kappa shape index (κ2) is 5.48. The van der Waals surface area contributed by atoms with Crippen molar-refractivity contribution in [2.75, 3.05) is 5.33 Å². The highest BCUT2D eigenvalue weighted by Crippen LogP contribution is 2.32. The summed E-state index contributed by atoms with van der Waals surface area (Å²) >= 11 is 3.17. The summed E-state index contributed by atoms with van der Waals surface area (Å²) < 4.78 is 0. The zero-order valence-corrected chi connectivity index (χ0v) is 11.5. The van der Waals surface area contributed by atoms with Gasteiger partial charge < -0.3 is 5.32 Å². The molecule has 0 saturated carbocycles. The summed E-state index contributed by atoms with van der Waals surface area (Å²) in [7, 11) is 0. The summed E-state index contributed by atoms with van der Waals surface area (Å²) in [6.45, 7) is 6.37. The standard InChI is InChI=1S/C13H18BrNO/c1-13(2,3)12(15-11(16)9-14)10-7-5-4-6-8-10/h4-8,12H,9H2,1-3H3,(H,15,16)/t12-/m0/s1. The third kappa shape index (κ3) is 3.63. The molecule has 0 aliphatic rings. The number of nitrogens with one attached hydrogen (secondary N) is 1. The first kappa shape index (κ1) is 13.2. The Hall–Kier alpha value is -0.830. The Morgan fingerprint density at radius 1 is 1.31 bits per heavy atom. The van der Waals surface area contributed by atoms with E-state index in [1.54, 1.807) is 0 Å². The molecule has 2 nitrogen and oxygen atoms in total. The van der Waals surface area contributed by atoms with Gasteiger partial charge in [0.25, 0.3) is 0 Å². The fourth-order valence-electron chi connectivity index (χ4n) is 1.64. The minimum atomic E-state index is -0.000810. The lowest BCUT2D eigenvalue weighted by Crippen LogP contribution is -2.37. The molecule has 1 amide bonds. The van der Waals surface area contributed by atoms with Crippen LogP contribution in [0.3, 0.4) is 0 Å². The number of rotatable bonds is 3. The van der Waals surface area contributed by atoms with Crippen molar-refractivity contribution < 1.29 is 4.79 Å². The van der Waals surface area contributed by atoms with Gasteiger partial charge in [-0.3, -0.25) is 4.79 Å². The van der Waals surface area contributed by atoms with E-state index in [2.05, 4.69) is 42.0 Å². The zero-order chi connectivity index (χ0) is 12.2. The molecule has 0 aliphatic carbocycles. The maximum atomic E-state index is 11.5. The fourth-order valence-corrected chi connectivity index (χ4v) is 1.81. The van der Waals surface area contributed by atoms with Crippen LogP contribution in [-0.2, 0) is 4.79 Å². The normalized spacial score (nSPS) is 13.2. The lowest BCUT2D eigenvalue weighted by molar-refractivity contribution is -0.120. The first-order chi connectivity index (χ1) is 7.45. The average Bonchev–Trinajstić information content (AvgIpc) is 2.25. The van der Waals surface area contributed by atoms with Crippen molar-refractivity contribution in [1.29, 1.82) is 0 Å². The van der Waals surface area contributed by atoms with E-state index < -0.39 is 0 Å². The molecule has 0 bridgehead atoms. The summed E-state index contributed by atoms with van der Waals surface area (Å²) in [5.41, 5.74) is 1.14. The van der Waals surface area contributed by atoms with E-state index in [9.17, 15) is 4.79 Å². The van der Waals surface area contributed by atoms with Gasteiger partial charge in [0.15, 0.2) is 0 Å². The second-order valence-corrected chi connectivity index (χ2v) is 5.47. The maximum Gasteiger partial charge on any atom is 0.231 e. The van der Waals surface area contributed by atoms with Crippen LogP contribution in [-0.4, -0.2) is 11.2 Å². The largest absolute Gasteiger partial charge is 0.348 e. The van der Waals surface area contributed by atoms with Crippen molar-refractivity contribution in [1.82, 2.24) is 5.32 Å². The van der Waals surface area contributed by atoms with Gasteiger partial charge in [-0.1, -0.05) is 67.0 Å². The van der Waals surface area contributed by atoms with Crippen molar-refractivity contribution in [2.45, 2.75) is 26.8 Å². The Kier molecular flexibility index (Phi) is 4.54. The van der Waals surface area contributed by atoms with Crippen molar-refractivity contribution in [2.24, 2.45) is 5.41 Å². The van der Waals surface area contributed by atoms with Gasteiger partial charge in [-0.25, -0.2) is 0 Å². The molecule has 88 valence electrons. The molecule has 0 saturated heterocycles. The van der Waals surface area contributed by atoms with Crippen LogP contribution in [0.25, 0.3) is 0 Å². The molecule has 0 spiro atoms. The Morgan fingerprint density at radius 2 is 1.88 bits per heavy atom. The summed E-state index contributed by atoms with van der Waals surface area (Å²) in [5.74, 6) is 0.0174. The number of hydrogen-bond donors (Lipinski definition) is 1. The Labute approximate surface area is 106 Å². The third-order valence-electron chi connectivity index (χ3n) is 2.43. The second-order valence-electron chi connectivity index (χ2n) is 4.91. The highest BCUT2D eigenvalue weighted by atomic mass is 79.9. The summed E-state index contributed by atoms with van der Waals surface area (Å²) in [5, 5.41) is 3.38. The molecule has 3 heteroatoms. The van der Waals surface area contributed by atoms with Crippen molar-refractivity contribution >= 4 is 21.8 Å². The molecule has 1 aromatic carbocycles. The van der Waals surface area contributed by atoms with Gasteiger partial charge in [-0.15, -0.1) is 0 Å². The molecule has 0 unspecified atom stereocenters. The molecule has 1 atom stereocenters. The van der Waals surface area contributed by atoms with Crippen LogP contribution in [0.2, 0.25) is 0 Å². The van der Waals surface area contributed by atoms with Crippen molar-refractivity contribution in [3.05, 3.63) is 35.9 Å². The molecular formula is C13H18BrNO. The first-order valence-corrected chi connectivity index (χ1v) is 6.47. The minimum absolute atomic E-state index is 0.000810. The highest BCUT2D eigenvalue weighted by Gasteiger charge is 2.27. The number of halogens is 1. The van der Waals surface area contributed by atoms with E-state index >= 15 is 0 Å². The molecule has 1 rings (SSSR count). The molecule has 1 aromatic rings. The molecule has 16 heavy (non-hydrogen) atoms. The van der Waals surface area contributed by atoms with Crippen LogP contribution in [0.15, 0.2) is 30.3 Å². The number of amides is 1. The SMILES string of the molecule is CC(C)(C)[C@@H](NC(=O)CBr)c1ccccc1. The van der Waals surface area contributed by atoms with Crippen LogP contribution in [0.1, 0.15) is 32.4 Å². The molecular weight excluding hydrogens is 266 g/mol. The smallest absolute Gasteiger partial charge is 0.231 e. The number of carbonyl (C=O) groups excluding carboxylic acids is 1. The lowest BCUT2D eigenvalue weighted by Gasteiger charge is -2.31. The lowest BCUT2D eigenvalue weighted by atomic mass is 9.82.